The van der Waals surface area contributed by atoms with E-state index in [1.165, 1.54) is 16.7 Å². The molecule has 0 amide bonds. The second-order valence-electron chi connectivity index (χ2n) is 24.0. The Morgan fingerprint density at radius 1 is 0.273 bits per heavy atom. The van der Waals surface area contributed by atoms with Crippen LogP contribution in [0.25, 0.3) is 0 Å². The molecule has 0 unspecified atom stereocenters. The van der Waals surface area contributed by atoms with Crippen LogP contribution in [0.4, 0.5) is 0 Å². The van der Waals surface area contributed by atoms with Crippen molar-refractivity contribution in [1.29, 1.82) is 0 Å². The van der Waals surface area contributed by atoms with E-state index < -0.39 is 56.5 Å². The van der Waals surface area contributed by atoms with E-state index in [0.29, 0.717) is 5.54 Å². The second-order valence-corrected chi connectivity index (χ2v) is 58.0. The summed E-state index contributed by atoms with van der Waals surface area (Å²) < 4.78 is 0. The summed E-state index contributed by atoms with van der Waals surface area (Å²) in [7, 11) is -13.5. The number of aryl methyl sites for hydroxylation is 3. The molecule has 1 aliphatic rings. The molecule has 0 heterocycles. The van der Waals surface area contributed by atoms with Crippen molar-refractivity contribution in [3.8, 4) is 0 Å². The van der Waals surface area contributed by atoms with E-state index in [-0.39, 0.29) is 0 Å². The van der Waals surface area contributed by atoms with Crippen LogP contribution < -0.4 is 46.7 Å². The molecule has 0 fully saturated rings. The third-order valence-corrected chi connectivity index (χ3v) is 32.1. The summed E-state index contributed by atoms with van der Waals surface area (Å²) >= 11 is 0. The first-order valence-electron chi connectivity index (χ1n) is 21.3. The first kappa shape index (κ1) is 46.3. The molecule has 7 heteroatoms. The summed E-state index contributed by atoms with van der Waals surface area (Å²) in [5.41, 5.74) is 11.3. The van der Waals surface area contributed by atoms with Crippen molar-refractivity contribution in [2.24, 2.45) is 0 Å². The highest BCUT2D eigenvalue weighted by atomic mass is 28.3. The van der Waals surface area contributed by atoms with Crippen LogP contribution in [0.1, 0.15) is 44.4 Å². The van der Waals surface area contributed by atoms with Crippen LogP contribution in [0.15, 0.2) is 58.7 Å². The fourth-order valence-corrected chi connectivity index (χ4v) is 32.1. The molecule has 0 spiro atoms. The molecule has 0 aromatic heterocycles. The van der Waals surface area contributed by atoms with Crippen LogP contribution >= 0.6 is 0 Å². The zero-order valence-electron chi connectivity index (χ0n) is 40.5. The molecule has 1 aliphatic carbocycles. The van der Waals surface area contributed by atoms with Crippen molar-refractivity contribution in [2.45, 2.75) is 172 Å². The number of allylic oxidation sites excluding steroid dienone is 4. The largest absolute Gasteiger partial charge is 0.158 e. The first-order valence-corrected chi connectivity index (χ1v) is 44.4. The fraction of sp³-hybridized carbons (Fsp3) is 0.542. The van der Waals surface area contributed by atoms with Crippen molar-refractivity contribution in [2.75, 3.05) is 0 Å². The molecule has 0 atom stereocenters. The van der Waals surface area contributed by atoms with Crippen molar-refractivity contribution < 1.29 is 0 Å². The Morgan fingerprint density at radius 2 is 0.473 bits per heavy atom. The third kappa shape index (κ3) is 8.42. The quantitative estimate of drug-likeness (QED) is 0.141. The topological polar surface area (TPSA) is 0 Å². The highest BCUT2D eigenvalue weighted by Gasteiger charge is 2.55. The van der Waals surface area contributed by atoms with Gasteiger partial charge in [0.1, 0.15) is 0 Å². The molecule has 0 saturated heterocycles. The van der Waals surface area contributed by atoms with Gasteiger partial charge in [-0.2, -0.15) is 0 Å². The molecule has 302 valence electrons. The minimum absolute atomic E-state index is 0.374. The Labute approximate surface area is 348 Å². The van der Waals surface area contributed by atoms with Crippen molar-refractivity contribution in [3.63, 3.8) is 0 Å². The van der Waals surface area contributed by atoms with Crippen LogP contribution in [-0.4, -0.2) is 56.5 Å². The van der Waals surface area contributed by atoms with Crippen LogP contribution in [0, 0.1) is 20.8 Å². The van der Waals surface area contributed by atoms with Gasteiger partial charge in [-0.15, -0.1) is 0 Å². The van der Waals surface area contributed by atoms with Gasteiger partial charge in [0.15, 0.2) is 8.07 Å². The van der Waals surface area contributed by atoms with Gasteiger partial charge >= 0.3 is 0 Å². The molecule has 0 bridgehead atoms. The summed E-state index contributed by atoms with van der Waals surface area (Å²) in [4.78, 5) is 0. The minimum atomic E-state index is -2.97. The van der Waals surface area contributed by atoms with E-state index in [1.54, 1.807) is 69.0 Å². The third-order valence-electron chi connectivity index (χ3n) is 13.3. The maximum absolute atomic E-state index is 2.97. The van der Waals surface area contributed by atoms with E-state index in [9.17, 15) is 0 Å². The summed E-state index contributed by atoms with van der Waals surface area (Å²) in [6.07, 6.45) is 0. The van der Waals surface area contributed by atoms with Crippen LogP contribution in [-0.2, 0) is 0 Å². The molecule has 0 radical (unpaired) electrons. The lowest BCUT2D eigenvalue weighted by Gasteiger charge is -2.48. The Bertz CT molecular complexity index is 1850. The number of hydrogen-bond donors (Lipinski definition) is 0. The predicted molar refractivity (Wildman–Crippen MR) is 277 cm³/mol. The Hall–Kier alpha value is -1.34. The highest BCUT2D eigenvalue weighted by molar-refractivity contribution is 7.20. The zero-order valence-corrected chi connectivity index (χ0v) is 47.5. The monoisotopic (exact) mass is 854 g/mol. The molecule has 3 aromatic carbocycles. The maximum Gasteiger partial charge on any atom is 0.158 e. The normalized spacial score (nSPS) is 15.9. The zero-order chi connectivity index (χ0) is 42.6. The fourth-order valence-electron chi connectivity index (χ4n) is 10.3. The molecule has 55 heavy (non-hydrogen) atoms. The summed E-state index contributed by atoms with van der Waals surface area (Å²) in [6, 6.07) is 17.0. The Kier molecular flexibility index (Phi) is 12.4. The van der Waals surface area contributed by atoms with Gasteiger partial charge in [-0.1, -0.05) is 213 Å². The SMILES string of the molecule is CC1=C(C)C([Si](c2cc(C)c([Si](C)(C)C)cc2[Si](C)(C)C)(c2cc(C)c([Si](C)(C)C)cc2[Si](C)(C)C)c2cc(C)c([Si](C)(C)C)cc2[Si](C)(C)C)C(C)=C1C. The lowest BCUT2D eigenvalue weighted by atomic mass is 10.1. The second kappa shape index (κ2) is 14.7. The van der Waals surface area contributed by atoms with E-state index >= 15 is 0 Å². The number of benzene rings is 3. The van der Waals surface area contributed by atoms with Gasteiger partial charge in [-0.05, 0) is 75.2 Å². The van der Waals surface area contributed by atoms with Crippen molar-refractivity contribution in [1.82, 2.24) is 0 Å². The standard InChI is InChI=1S/C48H82Si7/c1-32-26-45(42(52(17,18)19)29-39(32)49(8,9)10)55(48-37(6)35(4)36(5)38(48)7,46-27-33(2)40(50(11,12)13)30-43(46)53(20,21)22)47-28-34(3)41(51(14,15)16)31-44(47)54(23,24)25/h26-31,48H,1-25H3. The Balaban J connectivity index is 2.65. The molecular weight excluding hydrogens is 773 g/mol. The maximum atomic E-state index is 2.85. The lowest BCUT2D eigenvalue weighted by Crippen LogP contribution is -2.82. The van der Waals surface area contributed by atoms with Gasteiger partial charge in [0.05, 0.1) is 48.4 Å². The Morgan fingerprint density at radius 3 is 0.655 bits per heavy atom. The predicted octanol–water partition coefficient (Wildman–Crippen LogP) is 9.41. The van der Waals surface area contributed by atoms with Crippen molar-refractivity contribution >= 4 is 103 Å². The van der Waals surface area contributed by atoms with E-state index in [1.807, 2.05) is 0 Å². The minimum Gasteiger partial charge on any atom is -0.0656 e. The molecule has 0 N–H and O–H groups in total. The van der Waals surface area contributed by atoms with Gasteiger partial charge in [-0.25, -0.2) is 0 Å². The highest BCUT2D eigenvalue weighted by Crippen LogP contribution is 2.46. The number of rotatable bonds is 10. The van der Waals surface area contributed by atoms with E-state index in [4.69, 9.17) is 0 Å². The molecule has 4 rings (SSSR count). The number of hydrogen-bond acceptors (Lipinski definition) is 0. The molecule has 0 saturated carbocycles. The summed E-state index contributed by atoms with van der Waals surface area (Å²) in [5.74, 6) is 0. The van der Waals surface area contributed by atoms with E-state index in [2.05, 4.69) is 203 Å². The van der Waals surface area contributed by atoms with Crippen molar-refractivity contribution in [3.05, 3.63) is 75.4 Å². The van der Waals surface area contributed by atoms with Gasteiger partial charge in [0.2, 0.25) is 0 Å². The molecular formula is C48H82Si7. The summed E-state index contributed by atoms with van der Waals surface area (Å²) in [6.45, 7) is 64.5. The van der Waals surface area contributed by atoms with Crippen LogP contribution in [0.2, 0.25) is 123 Å². The van der Waals surface area contributed by atoms with Gasteiger partial charge in [-0.3, -0.25) is 0 Å². The molecule has 3 aromatic rings. The van der Waals surface area contributed by atoms with Crippen LogP contribution in [0.3, 0.4) is 0 Å². The smallest absolute Gasteiger partial charge is 0.0656 e. The van der Waals surface area contributed by atoms with Gasteiger partial charge in [0, 0.05) is 5.54 Å². The van der Waals surface area contributed by atoms with Gasteiger partial charge in [0.25, 0.3) is 0 Å². The first-order chi connectivity index (χ1) is 24.5. The molecule has 0 nitrogen and oxygen atoms in total. The summed E-state index contributed by atoms with van der Waals surface area (Å²) in [5, 5.41) is 15.5. The average Bonchev–Trinajstić information content (AvgIpc) is 3.16. The average molecular weight is 856 g/mol. The van der Waals surface area contributed by atoms with Gasteiger partial charge < -0.3 is 0 Å². The van der Waals surface area contributed by atoms with Crippen LogP contribution in [0.5, 0.6) is 0 Å². The lowest BCUT2D eigenvalue weighted by molar-refractivity contribution is 1.09. The van der Waals surface area contributed by atoms with E-state index in [0.717, 1.165) is 0 Å². The molecule has 0 aliphatic heterocycles.